The lowest BCUT2D eigenvalue weighted by molar-refractivity contribution is -0.143. The van der Waals surface area contributed by atoms with Gasteiger partial charge in [-0.3, -0.25) is 10.1 Å². The van der Waals surface area contributed by atoms with E-state index in [1.165, 1.54) is 12.4 Å². The molecule has 0 aromatic carbocycles. The first-order valence-corrected chi connectivity index (χ1v) is 5.04. The molecule has 3 N–H and O–H groups in total. The highest BCUT2D eigenvalue weighted by Gasteiger charge is 2.50. The predicted molar refractivity (Wildman–Crippen MR) is 56.2 cm³/mol. The SMILES string of the molecule is O=C(NCC1(C(=O)O)CC1)Nc1nccnn1. The Bertz CT molecular complexity index is 432. The maximum absolute atomic E-state index is 11.4. The van der Waals surface area contributed by atoms with Gasteiger partial charge in [0, 0.05) is 6.54 Å². The van der Waals surface area contributed by atoms with Gasteiger partial charge in [-0.1, -0.05) is 0 Å². The molecular weight excluding hydrogens is 226 g/mol. The molecule has 8 nitrogen and oxygen atoms in total. The van der Waals surface area contributed by atoms with E-state index in [0.717, 1.165) is 0 Å². The van der Waals surface area contributed by atoms with Crippen molar-refractivity contribution in [2.75, 3.05) is 11.9 Å². The lowest BCUT2D eigenvalue weighted by Gasteiger charge is -2.10. The van der Waals surface area contributed by atoms with E-state index in [0.29, 0.717) is 12.8 Å². The first kappa shape index (κ1) is 11.2. The zero-order chi connectivity index (χ0) is 12.3. The van der Waals surface area contributed by atoms with Crippen LogP contribution < -0.4 is 10.6 Å². The van der Waals surface area contributed by atoms with Gasteiger partial charge >= 0.3 is 12.0 Å². The highest BCUT2D eigenvalue weighted by atomic mass is 16.4. The standard InChI is InChI=1S/C9H11N5O3/c15-6(16)9(1-2-9)5-11-8(17)13-7-10-3-4-12-14-7/h3-4H,1-2,5H2,(H,15,16)(H2,10,11,13,14,17). The molecule has 1 heterocycles. The highest BCUT2D eigenvalue weighted by molar-refractivity contribution is 5.88. The summed E-state index contributed by atoms with van der Waals surface area (Å²) in [5.41, 5.74) is -0.785. The minimum atomic E-state index is -0.879. The third-order valence-corrected chi connectivity index (χ3v) is 2.60. The Morgan fingerprint density at radius 1 is 1.41 bits per heavy atom. The second-order valence-corrected chi connectivity index (χ2v) is 3.86. The van der Waals surface area contributed by atoms with Crippen molar-refractivity contribution in [2.24, 2.45) is 5.41 Å². The van der Waals surface area contributed by atoms with Crippen LogP contribution in [0.15, 0.2) is 12.4 Å². The number of carbonyl (C=O) groups is 2. The van der Waals surface area contributed by atoms with Crippen LogP contribution in [0.4, 0.5) is 10.7 Å². The molecule has 0 aliphatic heterocycles. The van der Waals surface area contributed by atoms with Crippen LogP contribution in [-0.2, 0) is 4.79 Å². The second kappa shape index (κ2) is 4.32. The molecule has 0 radical (unpaired) electrons. The number of rotatable bonds is 4. The van der Waals surface area contributed by atoms with Crippen molar-refractivity contribution in [1.29, 1.82) is 0 Å². The first-order chi connectivity index (χ1) is 8.12. The maximum atomic E-state index is 11.4. The molecule has 17 heavy (non-hydrogen) atoms. The Kier molecular flexibility index (Phi) is 2.86. The Morgan fingerprint density at radius 3 is 2.71 bits per heavy atom. The fourth-order valence-corrected chi connectivity index (χ4v) is 1.32. The molecule has 1 aliphatic rings. The largest absolute Gasteiger partial charge is 0.481 e. The Labute approximate surface area is 96.5 Å². The average molecular weight is 237 g/mol. The molecule has 2 amide bonds. The molecule has 0 bridgehead atoms. The Hall–Kier alpha value is -2.25. The summed E-state index contributed by atoms with van der Waals surface area (Å²) in [6.45, 7) is 0.106. The third kappa shape index (κ3) is 2.65. The summed E-state index contributed by atoms with van der Waals surface area (Å²) in [6.07, 6.45) is 3.95. The fourth-order valence-electron chi connectivity index (χ4n) is 1.32. The molecule has 8 heteroatoms. The number of urea groups is 1. The van der Waals surface area contributed by atoms with Gasteiger partial charge in [0.1, 0.15) is 0 Å². The summed E-state index contributed by atoms with van der Waals surface area (Å²) in [4.78, 5) is 26.0. The van der Waals surface area contributed by atoms with Gasteiger partial charge in [0.05, 0.1) is 17.8 Å². The van der Waals surface area contributed by atoms with Crippen LogP contribution in [0.2, 0.25) is 0 Å². The lowest BCUT2D eigenvalue weighted by atomic mass is 10.1. The van der Waals surface area contributed by atoms with Gasteiger partial charge < -0.3 is 10.4 Å². The number of carboxylic acid groups (broad SMARTS) is 1. The number of nitrogens with zero attached hydrogens (tertiary/aromatic N) is 3. The number of anilines is 1. The minimum Gasteiger partial charge on any atom is -0.481 e. The van der Waals surface area contributed by atoms with Crippen LogP contribution in [0.3, 0.4) is 0 Å². The molecule has 90 valence electrons. The van der Waals surface area contributed by atoms with E-state index >= 15 is 0 Å². The van der Waals surface area contributed by atoms with Crippen molar-refractivity contribution in [3.05, 3.63) is 12.4 Å². The number of hydrogen-bond donors (Lipinski definition) is 3. The number of amides is 2. The monoisotopic (exact) mass is 237 g/mol. The molecule has 1 fully saturated rings. The van der Waals surface area contributed by atoms with Crippen molar-refractivity contribution in [3.63, 3.8) is 0 Å². The summed E-state index contributed by atoms with van der Waals surface area (Å²) in [5.74, 6) is -0.805. The minimum absolute atomic E-state index is 0.0742. The lowest BCUT2D eigenvalue weighted by Crippen LogP contribution is -2.37. The van der Waals surface area contributed by atoms with Crippen molar-refractivity contribution in [3.8, 4) is 0 Å². The van der Waals surface area contributed by atoms with Crippen LogP contribution in [-0.4, -0.2) is 38.8 Å². The maximum Gasteiger partial charge on any atom is 0.321 e. The summed E-state index contributed by atoms with van der Waals surface area (Å²) < 4.78 is 0. The fraction of sp³-hybridized carbons (Fsp3) is 0.444. The van der Waals surface area contributed by atoms with Gasteiger partial charge in [-0.2, -0.15) is 5.10 Å². The van der Waals surface area contributed by atoms with E-state index in [1.807, 2.05) is 0 Å². The van der Waals surface area contributed by atoms with Crippen LogP contribution in [0, 0.1) is 5.41 Å². The molecule has 0 unspecified atom stereocenters. The van der Waals surface area contributed by atoms with Crippen molar-refractivity contribution in [1.82, 2.24) is 20.5 Å². The van der Waals surface area contributed by atoms with Crippen LogP contribution in [0.1, 0.15) is 12.8 Å². The summed E-state index contributed by atoms with van der Waals surface area (Å²) in [7, 11) is 0. The van der Waals surface area contributed by atoms with Crippen molar-refractivity contribution < 1.29 is 14.7 Å². The molecule has 1 aromatic heterocycles. The van der Waals surface area contributed by atoms with Gasteiger partial charge in [-0.05, 0) is 12.8 Å². The van der Waals surface area contributed by atoms with E-state index in [1.54, 1.807) is 0 Å². The number of aliphatic carboxylic acids is 1. The highest BCUT2D eigenvalue weighted by Crippen LogP contribution is 2.45. The number of aromatic nitrogens is 3. The number of hydrogen-bond acceptors (Lipinski definition) is 5. The van der Waals surface area contributed by atoms with Gasteiger partial charge in [-0.15, -0.1) is 5.10 Å². The van der Waals surface area contributed by atoms with E-state index in [9.17, 15) is 9.59 Å². The average Bonchev–Trinajstić information content (AvgIpc) is 3.09. The number of carboxylic acids is 1. The van der Waals surface area contributed by atoms with E-state index in [-0.39, 0.29) is 12.5 Å². The molecule has 1 aliphatic carbocycles. The van der Waals surface area contributed by atoms with Crippen molar-refractivity contribution in [2.45, 2.75) is 12.8 Å². The topological polar surface area (TPSA) is 117 Å². The van der Waals surface area contributed by atoms with Gasteiger partial charge in [0.15, 0.2) is 0 Å². The predicted octanol–water partition coefficient (Wildman–Crippen LogP) is -0.142. The smallest absolute Gasteiger partial charge is 0.321 e. The number of nitrogens with one attached hydrogen (secondary N) is 2. The van der Waals surface area contributed by atoms with Gasteiger partial charge in [-0.25, -0.2) is 9.78 Å². The summed E-state index contributed by atoms with van der Waals surface area (Å²) >= 11 is 0. The molecule has 0 saturated heterocycles. The van der Waals surface area contributed by atoms with E-state index in [4.69, 9.17) is 5.11 Å². The quantitative estimate of drug-likeness (QED) is 0.670. The van der Waals surface area contributed by atoms with E-state index < -0.39 is 17.4 Å². The third-order valence-electron chi connectivity index (χ3n) is 2.60. The van der Waals surface area contributed by atoms with E-state index in [2.05, 4.69) is 25.8 Å². The molecular formula is C9H11N5O3. The molecule has 0 spiro atoms. The van der Waals surface area contributed by atoms with Gasteiger partial charge in [0.25, 0.3) is 5.95 Å². The normalized spacial score (nSPS) is 16.0. The summed E-state index contributed by atoms with van der Waals surface area (Å²) in [6, 6.07) is -0.537. The number of carbonyl (C=O) groups excluding carboxylic acids is 1. The van der Waals surface area contributed by atoms with Crippen LogP contribution in [0.5, 0.6) is 0 Å². The van der Waals surface area contributed by atoms with Crippen molar-refractivity contribution >= 4 is 17.9 Å². The zero-order valence-corrected chi connectivity index (χ0v) is 8.88. The molecule has 2 rings (SSSR count). The molecule has 1 aromatic rings. The Balaban J connectivity index is 1.81. The zero-order valence-electron chi connectivity index (χ0n) is 8.88. The second-order valence-electron chi connectivity index (χ2n) is 3.86. The summed E-state index contributed by atoms with van der Waals surface area (Å²) in [5, 5.41) is 20.8. The van der Waals surface area contributed by atoms with Crippen LogP contribution in [0.25, 0.3) is 0 Å². The Morgan fingerprint density at radius 2 is 2.18 bits per heavy atom. The first-order valence-electron chi connectivity index (χ1n) is 5.04. The molecule has 1 saturated carbocycles. The van der Waals surface area contributed by atoms with Gasteiger partial charge in [0.2, 0.25) is 0 Å². The van der Waals surface area contributed by atoms with Crippen LogP contribution >= 0.6 is 0 Å². The molecule has 0 atom stereocenters.